The number of nitrogens with zero attached hydrogens (tertiary/aromatic N) is 1. The third kappa shape index (κ3) is 3.21. The van der Waals surface area contributed by atoms with Crippen molar-refractivity contribution in [2.24, 2.45) is 5.92 Å². The van der Waals surface area contributed by atoms with Gasteiger partial charge in [-0.25, -0.2) is 0 Å². The molecule has 2 rings (SSSR count). The molecule has 0 aromatic heterocycles. The third-order valence-corrected chi connectivity index (χ3v) is 3.68. The van der Waals surface area contributed by atoms with Crippen LogP contribution in [0.2, 0.25) is 0 Å². The van der Waals surface area contributed by atoms with Crippen LogP contribution < -0.4 is 5.32 Å². The number of piperidine rings is 1. The highest BCUT2D eigenvalue weighted by atomic mass is 16.2. The van der Waals surface area contributed by atoms with Crippen LogP contribution >= 0.6 is 0 Å². The molecule has 0 bridgehead atoms. The van der Waals surface area contributed by atoms with Crippen molar-refractivity contribution in [3.63, 3.8) is 0 Å². The van der Waals surface area contributed by atoms with Crippen molar-refractivity contribution in [1.82, 2.24) is 10.2 Å². The predicted molar refractivity (Wildman–Crippen MR) is 65.2 cm³/mol. The minimum atomic E-state index is 0.105. The van der Waals surface area contributed by atoms with Crippen LogP contribution in [0.1, 0.15) is 45.4 Å². The number of nitrogens with one attached hydrogen (secondary N) is 1. The second-order valence-electron chi connectivity index (χ2n) is 5.21. The lowest BCUT2D eigenvalue weighted by atomic mass is 10.0. The van der Waals surface area contributed by atoms with Gasteiger partial charge in [0.1, 0.15) is 0 Å². The average Bonchev–Trinajstić information content (AvgIpc) is 3.10. The number of carbonyl (C=O) groups is 1. The second kappa shape index (κ2) is 5.67. The molecule has 1 aliphatic carbocycles. The molecule has 0 aromatic carbocycles. The molecular formula is C13H24N2O. The average molecular weight is 224 g/mol. The molecule has 3 heteroatoms. The molecule has 2 aliphatic rings. The minimum absolute atomic E-state index is 0.105. The van der Waals surface area contributed by atoms with Gasteiger partial charge in [-0.15, -0.1) is 0 Å². The quantitative estimate of drug-likeness (QED) is 0.746. The smallest absolute Gasteiger partial charge is 0.239 e. The van der Waals surface area contributed by atoms with E-state index in [0.717, 1.165) is 44.8 Å². The van der Waals surface area contributed by atoms with E-state index < -0.39 is 0 Å². The van der Waals surface area contributed by atoms with Gasteiger partial charge in [0.05, 0.1) is 6.04 Å². The Kier molecular flexibility index (Phi) is 4.22. The topological polar surface area (TPSA) is 32.3 Å². The first-order valence-corrected chi connectivity index (χ1v) is 6.83. The lowest BCUT2D eigenvalue weighted by Gasteiger charge is -2.32. The Bertz CT molecular complexity index is 238. The molecule has 0 spiro atoms. The Morgan fingerprint density at radius 1 is 1.38 bits per heavy atom. The van der Waals surface area contributed by atoms with E-state index in [4.69, 9.17) is 0 Å². The van der Waals surface area contributed by atoms with Crippen LogP contribution in [-0.4, -0.2) is 36.5 Å². The van der Waals surface area contributed by atoms with Gasteiger partial charge in [0.2, 0.25) is 5.91 Å². The van der Waals surface area contributed by atoms with Crippen LogP contribution in [0.25, 0.3) is 0 Å². The highest BCUT2D eigenvalue weighted by molar-refractivity contribution is 5.82. The molecule has 1 atom stereocenters. The lowest BCUT2D eigenvalue weighted by Crippen LogP contribution is -2.51. The SMILES string of the molecule is CCCNC1CCCN(CCC2CC2)C1=O. The standard InChI is InChI=1S/C13H24N2O/c1-2-8-14-12-4-3-9-15(13(12)16)10-7-11-5-6-11/h11-12,14H,2-10H2,1H3. The number of rotatable bonds is 6. The monoisotopic (exact) mass is 224 g/mol. The maximum absolute atomic E-state index is 12.1. The summed E-state index contributed by atoms with van der Waals surface area (Å²) in [6.45, 7) is 5.09. The zero-order valence-electron chi connectivity index (χ0n) is 10.4. The van der Waals surface area contributed by atoms with Crippen molar-refractivity contribution in [3.05, 3.63) is 0 Å². The zero-order valence-corrected chi connectivity index (χ0v) is 10.4. The van der Waals surface area contributed by atoms with Crippen LogP contribution in [0.15, 0.2) is 0 Å². The molecule has 0 radical (unpaired) electrons. The van der Waals surface area contributed by atoms with Gasteiger partial charge in [0.15, 0.2) is 0 Å². The molecule has 1 amide bonds. The molecule has 0 aromatic rings. The fourth-order valence-corrected chi connectivity index (χ4v) is 2.42. The zero-order chi connectivity index (χ0) is 11.4. The van der Waals surface area contributed by atoms with E-state index in [0.29, 0.717) is 5.91 Å². The van der Waals surface area contributed by atoms with E-state index >= 15 is 0 Å². The fraction of sp³-hybridized carbons (Fsp3) is 0.923. The molecule has 1 saturated heterocycles. The third-order valence-electron chi connectivity index (χ3n) is 3.68. The van der Waals surface area contributed by atoms with E-state index in [-0.39, 0.29) is 6.04 Å². The summed E-state index contributed by atoms with van der Waals surface area (Å²) < 4.78 is 0. The van der Waals surface area contributed by atoms with Gasteiger partial charge in [-0.2, -0.15) is 0 Å². The summed E-state index contributed by atoms with van der Waals surface area (Å²) in [4.78, 5) is 14.2. The van der Waals surface area contributed by atoms with E-state index in [1.165, 1.54) is 19.3 Å². The number of likely N-dealkylation sites (tertiary alicyclic amines) is 1. The summed E-state index contributed by atoms with van der Waals surface area (Å²) >= 11 is 0. The number of hydrogen-bond donors (Lipinski definition) is 1. The molecule has 1 aliphatic heterocycles. The van der Waals surface area contributed by atoms with Crippen molar-refractivity contribution in [2.75, 3.05) is 19.6 Å². The van der Waals surface area contributed by atoms with Crippen LogP contribution in [0.4, 0.5) is 0 Å². The van der Waals surface area contributed by atoms with Gasteiger partial charge in [0.25, 0.3) is 0 Å². The normalized spacial score (nSPS) is 26.2. The van der Waals surface area contributed by atoms with Crippen molar-refractivity contribution in [2.45, 2.75) is 51.5 Å². The molecule has 16 heavy (non-hydrogen) atoms. The van der Waals surface area contributed by atoms with E-state index in [1.54, 1.807) is 0 Å². The molecule has 1 N–H and O–H groups in total. The van der Waals surface area contributed by atoms with Crippen molar-refractivity contribution >= 4 is 5.91 Å². The first-order valence-electron chi connectivity index (χ1n) is 6.83. The van der Waals surface area contributed by atoms with Crippen LogP contribution in [0.5, 0.6) is 0 Å². The number of hydrogen-bond acceptors (Lipinski definition) is 2. The Morgan fingerprint density at radius 3 is 2.88 bits per heavy atom. The Labute approximate surface area is 98.6 Å². The molecule has 1 saturated carbocycles. The summed E-state index contributed by atoms with van der Waals surface area (Å²) in [7, 11) is 0. The summed E-state index contributed by atoms with van der Waals surface area (Å²) in [5.74, 6) is 1.28. The molecule has 1 heterocycles. The first-order chi connectivity index (χ1) is 7.81. The Morgan fingerprint density at radius 2 is 2.19 bits per heavy atom. The summed E-state index contributed by atoms with van der Waals surface area (Å²) in [5.41, 5.74) is 0. The Balaban J connectivity index is 1.75. The molecule has 2 fully saturated rings. The minimum Gasteiger partial charge on any atom is -0.341 e. The molecular weight excluding hydrogens is 200 g/mol. The van der Waals surface area contributed by atoms with Gasteiger partial charge < -0.3 is 10.2 Å². The van der Waals surface area contributed by atoms with E-state index in [9.17, 15) is 4.79 Å². The second-order valence-corrected chi connectivity index (χ2v) is 5.21. The van der Waals surface area contributed by atoms with Crippen LogP contribution in [-0.2, 0) is 4.79 Å². The van der Waals surface area contributed by atoms with Gasteiger partial charge in [-0.05, 0) is 38.1 Å². The van der Waals surface area contributed by atoms with Crippen LogP contribution in [0.3, 0.4) is 0 Å². The van der Waals surface area contributed by atoms with E-state index in [1.807, 2.05) is 0 Å². The summed E-state index contributed by atoms with van der Waals surface area (Å²) in [6.07, 6.45) is 7.30. The lowest BCUT2D eigenvalue weighted by molar-refractivity contribution is -0.136. The van der Waals surface area contributed by atoms with Gasteiger partial charge in [0, 0.05) is 13.1 Å². The van der Waals surface area contributed by atoms with Crippen LogP contribution in [0, 0.1) is 5.92 Å². The van der Waals surface area contributed by atoms with Gasteiger partial charge in [-0.3, -0.25) is 4.79 Å². The van der Waals surface area contributed by atoms with Gasteiger partial charge >= 0.3 is 0 Å². The van der Waals surface area contributed by atoms with E-state index in [2.05, 4.69) is 17.1 Å². The number of carbonyl (C=O) groups excluding carboxylic acids is 1. The summed E-state index contributed by atoms with van der Waals surface area (Å²) in [5, 5.41) is 3.36. The predicted octanol–water partition coefficient (Wildman–Crippen LogP) is 1.78. The summed E-state index contributed by atoms with van der Waals surface area (Å²) in [6, 6.07) is 0.105. The van der Waals surface area contributed by atoms with Crippen molar-refractivity contribution in [1.29, 1.82) is 0 Å². The van der Waals surface area contributed by atoms with Crippen molar-refractivity contribution < 1.29 is 4.79 Å². The molecule has 1 unspecified atom stereocenters. The molecule has 92 valence electrons. The molecule has 3 nitrogen and oxygen atoms in total. The first kappa shape index (κ1) is 11.9. The maximum Gasteiger partial charge on any atom is 0.239 e. The Hall–Kier alpha value is -0.570. The highest BCUT2D eigenvalue weighted by Crippen LogP contribution is 2.32. The number of amides is 1. The van der Waals surface area contributed by atoms with Crippen molar-refractivity contribution in [3.8, 4) is 0 Å². The maximum atomic E-state index is 12.1. The largest absolute Gasteiger partial charge is 0.341 e. The highest BCUT2D eigenvalue weighted by Gasteiger charge is 2.29. The fourth-order valence-electron chi connectivity index (χ4n) is 2.42. The van der Waals surface area contributed by atoms with Gasteiger partial charge in [-0.1, -0.05) is 19.8 Å².